The van der Waals surface area contributed by atoms with Crippen LogP contribution < -0.4 is 10.6 Å². The molecule has 0 spiro atoms. The number of nitriles is 1. The van der Waals surface area contributed by atoms with E-state index in [0.717, 1.165) is 42.0 Å². The van der Waals surface area contributed by atoms with Gasteiger partial charge in [-0.2, -0.15) is 5.26 Å². The number of likely N-dealkylation sites (N-methyl/N-ethyl adjacent to an activating group) is 1. The van der Waals surface area contributed by atoms with Crippen molar-refractivity contribution in [1.82, 2.24) is 15.1 Å². The fraction of sp³-hybridized carbons (Fsp3) is 0.393. The van der Waals surface area contributed by atoms with Crippen molar-refractivity contribution in [2.24, 2.45) is 0 Å². The maximum atomic E-state index is 10.6. The molecule has 1 aromatic rings. The summed E-state index contributed by atoms with van der Waals surface area (Å²) in [7, 11) is 3.82. The van der Waals surface area contributed by atoms with Gasteiger partial charge in [0.1, 0.15) is 0 Å². The van der Waals surface area contributed by atoms with E-state index in [1.165, 1.54) is 32.4 Å². The van der Waals surface area contributed by atoms with Crippen molar-refractivity contribution in [3.8, 4) is 6.07 Å². The smallest absolute Gasteiger partial charge is 0.192 e. The van der Waals surface area contributed by atoms with Crippen LogP contribution in [-0.4, -0.2) is 55.2 Å². The van der Waals surface area contributed by atoms with Crippen molar-refractivity contribution < 1.29 is 5.11 Å². The van der Waals surface area contributed by atoms with Crippen LogP contribution in [0.15, 0.2) is 72.9 Å². The molecule has 0 saturated carbocycles. The molecule has 6 heteroatoms. The molecule has 6 nitrogen and oxygen atoms in total. The molecule has 182 valence electrons. The highest BCUT2D eigenvalue weighted by molar-refractivity contribution is 5.77. The molecule has 0 aromatic heterocycles. The number of nitrogens with one attached hydrogen (secondary N) is 2. The second kappa shape index (κ2) is 13.3. The Morgan fingerprint density at radius 3 is 2.56 bits per heavy atom. The van der Waals surface area contributed by atoms with Crippen molar-refractivity contribution >= 4 is 11.3 Å². The maximum absolute atomic E-state index is 10.6. The number of hydrogen-bond donors (Lipinski definition) is 3. The van der Waals surface area contributed by atoms with Crippen molar-refractivity contribution in [2.75, 3.05) is 45.6 Å². The lowest BCUT2D eigenvalue weighted by molar-refractivity contribution is 0.218. The van der Waals surface area contributed by atoms with Crippen molar-refractivity contribution in [2.45, 2.75) is 32.6 Å². The summed E-state index contributed by atoms with van der Waals surface area (Å²) in [5.41, 5.74) is 4.95. The molecule has 0 aliphatic carbocycles. The molecule has 1 heterocycles. The lowest BCUT2D eigenvalue weighted by Gasteiger charge is -2.28. The Bertz CT molecular complexity index is 993. The van der Waals surface area contributed by atoms with E-state index in [0.29, 0.717) is 16.8 Å². The Kier molecular flexibility index (Phi) is 10.5. The van der Waals surface area contributed by atoms with E-state index in [9.17, 15) is 5.11 Å². The Labute approximate surface area is 205 Å². The molecule has 0 radical (unpaired) electrons. The van der Waals surface area contributed by atoms with E-state index in [2.05, 4.69) is 46.2 Å². The largest absolute Gasteiger partial charge is 0.494 e. The number of piperidine rings is 1. The normalized spacial score (nSPS) is 14.8. The third-order valence-electron chi connectivity index (χ3n) is 6.19. The minimum Gasteiger partial charge on any atom is -0.494 e. The summed E-state index contributed by atoms with van der Waals surface area (Å²) in [6.45, 7) is 18.6. The molecule has 1 saturated heterocycles. The van der Waals surface area contributed by atoms with Crippen LogP contribution in [0.25, 0.3) is 5.57 Å². The van der Waals surface area contributed by atoms with Gasteiger partial charge < -0.3 is 25.5 Å². The first kappa shape index (κ1) is 26.8. The number of nitrogens with zero attached hydrogens (tertiary/aromatic N) is 3. The summed E-state index contributed by atoms with van der Waals surface area (Å²) < 4.78 is 0. The van der Waals surface area contributed by atoms with E-state index in [-0.39, 0.29) is 5.88 Å². The lowest BCUT2D eigenvalue weighted by Crippen LogP contribution is -2.32. The summed E-state index contributed by atoms with van der Waals surface area (Å²) in [5.74, 6) is -0.00451. The molecule has 1 fully saturated rings. The van der Waals surface area contributed by atoms with Crippen LogP contribution in [0, 0.1) is 11.3 Å². The highest BCUT2D eigenvalue weighted by atomic mass is 16.3. The highest BCUT2D eigenvalue weighted by Gasteiger charge is 2.11. The van der Waals surface area contributed by atoms with Gasteiger partial charge in [-0.1, -0.05) is 38.3 Å². The number of aliphatic hydroxyl groups is 1. The second-order valence-electron chi connectivity index (χ2n) is 8.73. The number of anilines is 1. The molecule has 0 amide bonds. The average Bonchev–Trinajstić information content (AvgIpc) is 2.86. The zero-order valence-corrected chi connectivity index (χ0v) is 21.0. The Morgan fingerprint density at radius 2 is 1.91 bits per heavy atom. The summed E-state index contributed by atoms with van der Waals surface area (Å²) in [4.78, 5) is 4.68. The van der Waals surface area contributed by atoms with E-state index in [1.54, 1.807) is 32.2 Å². The summed E-state index contributed by atoms with van der Waals surface area (Å²) in [6.07, 6.45) is 8.72. The Morgan fingerprint density at radius 1 is 1.21 bits per heavy atom. The molecule has 1 aromatic carbocycles. The standard InChI is InChI=1S/C28H39N5O/c1-21(24(4)32(6)15-10-18-33-16-8-7-9-17-33)11-12-22(2)31-28(34)23(3)26-14-13-25(20-29)19-27(26)30-5/h11-14,19,30-31,34H,1-2,4,7-10,15-18H2,3,5-6H3/b12-11-,28-23-. The summed E-state index contributed by atoms with van der Waals surface area (Å²) in [5, 5.41) is 25.7. The van der Waals surface area contributed by atoms with Crippen molar-refractivity contribution in [3.05, 3.63) is 84.1 Å². The van der Waals surface area contributed by atoms with E-state index in [1.807, 2.05) is 19.2 Å². The van der Waals surface area contributed by atoms with Crippen LogP contribution in [0.3, 0.4) is 0 Å². The van der Waals surface area contributed by atoms with Gasteiger partial charge >= 0.3 is 0 Å². The van der Waals surface area contributed by atoms with Gasteiger partial charge in [-0.3, -0.25) is 0 Å². The second-order valence-corrected chi connectivity index (χ2v) is 8.73. The molecular formula is C28H39N5O. The fourth-order valence-corrected chi connectivity index (χ4v) is 3.95. The third-order valence-corrected chi connectivity index (χ3v) is 6.19. The SMILES string of the molecule is C=C(/C=C\C(=C)C(=C)N(C)CCCN1CCCCC1)N/C(O)=C(\C)c1ccc(C#N)cc1NC. The van der Waals surface area contributed by atoms with Crippen molar-refractivity contribution in [1.29, 1.82) is 5.26 Å². The minimum absolute atomic E-state index is 0.00451. The lowest BCUT2D eigenvalue weighted by atomic mass is 10.0. The van der Waals surface area contributed by atoms with E-state index >= 15 is 0 Å². The molecule has 1 aliphatic rings. The van der Waals surface area contributed by atoms with Gasteiger partial charge in [0.15, 0.2) is 5.88 Å². The molecule has 1 aliphatic heterocycles. The Hall–Kier alpha value is -3.43. The predicted molar refractivity (Wildman–Crippen MR) is 143 cm³/mol. The van der Waals surface area contributed by atoms with E-state index in [4.69, 9.17) is 5.26 Å². The quantitative estimate of drug-likeness (QED) is 0.286. The van der Waals surface area contributed by atoms with Crippen LogP contribution in [0.1, 0.15) is 43.7 Å². The molecule has 0 bridgehead atoms. The zero-order chi connectivity index (χ0) is 25.1. The van der Waals surface area contributed by atoms with Gasteiger partial charge in [0.2, 0.25) is 0 Å². The fourth-order valence-electron chi connectivity index (χ4n) is 3.95. The topological polar surface area (TPSA) is 74.6 Å². The predicted octanol–water partition coefficient (Wildman–Crippen LogP) is 5.38. The van der Waals surface area contributed by atoms with Crippen molar-refractivity contribution in [3.63, 3.8) is 0 Å². The number of rotatable bonds is 12. The summed E-state index contributed by atoms with van der Waals surface area (Å²) in [6, 6.07) is 7.40. The number of allylic oxidation sites excluding steroid dienone is 3. The summed E-state index contributed by atoms with van der Waals surface area (Å²) >= 11 is 0. The number of benzene rings is 1. The molecule has 0 unspecified atom stereocenters. The number of aliphatic hydroxyl groups excluding tert-OH is 1. The third kappa shape index (κ3) is 7.86. The minimum atomic E-state index is -0.00451. The number of hydrogen-bond acceptors (Lipinski definition) is 6. The van der Waals surface area contributed by atoms with E-state index < -0.39 is 0 Å². The average molecular weight is 462 g/mol. The van der Waals surface area contributed by atoms with Gasteiger partial charge in [-0.15, -0.1) is 0 Å². The monoisotopic (exact) mass is 461 g/mol. The van der Waals surface area contributed by atoms with Gasteiger partial charge in [0.25, 0.3) is 0 Å². The number of likely N-dealkylation sites (tertiary alicyclic amines) is 1. The first-order valence-electron chi connectivity index (χ1n) is 11.8. The molecular weight excluding hydrogens is 422 g/mol. The van der Waals surface area contributed by atoms with Crippen LogP contribution >= 0.6 is 0 Å². The van der Waals surface area contributed by atoms with Gasteiger partial charge in [0, 0.05) is 48.9 Å². The van der Waals surface area contributed by atoms with Crippen LogP contribution in [0.4, 0.5) is 5.69 Å². The highest BCUT2D eigenvalue weighted by Crippen LogP contribution is 2.26. The first-order valence-corrected chi connectivity index (χ1v) is 11.8. The van der Waals surface area contributed by atoms with Crippen LogP contribution in [-0.2, 0) is 0 Å². The molecule has 0 atom stereocenters. The zero-order valence-electron chi connectivity index (χ0n) is 21.0. The van der Waals surface area contributed by atoms with Gasteiger partial charge in [-0.25, -0.2) is 0 Å². The van der Waals surface area contributed by atoms with Gasteiger partial charge in [0.05, 0.1) is 11.6 Å². The maximum Gasteiger partial charge on any atom is 0.192 e. The molecule has 34 heavy (non-hydrogen) atoms. The molecule has 3 N–H and O–H groups in total. The Balaban J connectivity index is 1.89. The van der Waals surface area contributed by atoms with Crippen LogP contribution in [0.2, 0.25) is 0 Å². The van der Waals surface area contributed by atoms with Crippen LogP contribution in [0.5, 0.6) is 0 Å². The molecule has 2 rings (SSSR count). The van der Waals surface area contributed by atoms with Gasteiger partial charge in [-0.05, 0) is 69.6 Å². The first-order chi connectivity index (χ1) is 16.3.